The molecule has 2 aromatic rings. The maximum atomic E-state index is 12.3. The van der Waals surface area contributed by atoms with Crippen molar-refractivity contribution in [2.45, 2.75) is 26.8 Å². The largest absolute Gasteiger partial charge is 0.312 e. The van der Waals surface area contributed by atoms with Gasteiger partial charge in [-0.3, -0.25) is 4.79 Å². The van der Waals surface area contributed by atoms with E-state index < -0.39 is 0 Å². The average Bonchev–Trinajstić information content (AvgIpc) is 2.84. The molecule has 0 aliphatic rings. The van der Waals surface area contributed by atoms with Crippen LogP contribution in [0.4, 0.5) is 0 Å². The molecule has 0 N–H and O–H groups in total. The molecule has 3 nitrogen and oxygen atoms in total. The second-order valence-electron chi connectivity index (χ2n) is 4.46. The van der Waals surface area contributed by atoms with Crippen molar-refractivity contribution in [3.8, 4) is 16.5 Å². The van der Waals surface area contributed by atoms with E-state index in [1.807, 2.05) is 44.5 Å². The fourth-order valence-electron chi connectivity index (χ4n) is 1.99. The summed E-state index contributed by atoms with van der Waals surface area (Å²) in [7, 11) is 0. The maximum absolute atomic E-state index is 12.3. The third-order valence-electron chi connectivity index (χ3n) is 2.86. The molecule has 92 valence electrons. The second-order valence-corrected chi connectivity index (χ2v) is 5.41. The van der Waals surface area contributed by atoms with E-state index in [0.29, 0.717) is 0 Å². The van der Waals surface area contributed by atoms with Gasteiger partial charge in [0.1, 0.15) is 11.6 Å². The SMILES string of the molecule is Cc1cn(C(C)C)c(=O)c(C#N)c1-c1cccs1. The summed E-state index contributed by atoms with van der Waals surface area (Å²) in [6.07, 6.45) is 1.84. The summed E-state index contributed by atoms with van der Waals surface area (Å²) < 4.78 is 1.62. The highest BCUT2D eigenvalue weighted by Crippen LogP contribution is 2.29. The monoisotopic (exact) mass is 258 g/mol. The third-order valence-corrected chi connectivity index (χ3v) is 3.75. The highest BCUT2D eigenvalue weighted by Gasteiger charge is 2.16. The Kier molecular flexibility index (Phi) is 3.35. The molecular formula is C14H14N2OS. The first-order valence-corrected chi connectivity index (χ1v) is 6.64. The van der Waals surface area contributed by atoms with E-state index in [2.05, 4.69) is 6.07 Å². The van der Waals surface area contributed by atoms with Crippen molar-refractivity contribution < 1.29 is 0 Å². The molecule has 0 aliphatic heterocycles. The Balaban J connectivity index is 2.81. The van der Waals surface area contributed by atoms with Crippen LogP contribution >= 0.6 is 11.3 Å². The van der Waals surface area contributed by atoms with Crippen molar-refractivity contribution in [2.24, 2.45) is 0 Å². The highest BCUT2D eigenvalue weighted by atomic mass is 32.1. The van der Waals surface area contributed by atoms with Crippen LogP contribution in [0.1, 0.15) is 31.0 Å². The number of pyridine rings is 1. The number of hydrogen-bond donors (Lipinski definition) is 0. The number of rotatable bonds is 2. The number of aryl methyl sites for hydroxylation is 1. The molecule has 0 bridgehead atoms. The number of nitrogens with zero attached hydrogens (tertiary/aromatic N) is 2. The zero-order valence-electron chi connectivity index (χ0n) is 10.6. The van der Waals surface area contributed by atoms with Gasteiger partial charge in [-0.15, -0.1) is 11.3 Å². The molecule has 0 radical (unpaired) electrons. The molecule has 0 spiro atoms. The molecule has 0 saturated heterocycles. The van der Waals surface area contributed by atoms with Gasteiger partial charge in [0.2, 0.25) is 0 Å². The van der Waals surface area contributed by atoms with Crippen LogP contribution in [0, 0.1) is 18.3 Å². The van der Waals surface area contributed by atoms with Gasteiger partial charge >= 0.3 is 0 Å². The topological polar surface area (TPSA) is 45.8 Å². The fraction of sp³-hybridized carbons (Fsp3) is 0.286. The van der Waals surface area contributed by atoms with Crippen LogP contribution < -0.4 is 5.56 Å². The summed E-state index contributed by atoms with van der Waals surface area (Å²) in [6, 6.07) is 5.98. The maximum Gasteiger partial charge on any atom is 0.269 e. The quantitative estimate of drug-likeness (QED) is 0.829. The van der Waals surface area contributed by atoms with E-state index >= 15 is 0 Å². The molecular weight excluding hydrogens is 244 g/mol. The summed E-state index contributed by atoms with van der Waals surface area (Å²) in [5.41, 5.74) is 1.77. The molecule has 0 fully saturated rings. The minimum absolute atomic E-state index is 0.0562. The summed E-state index contributed by atoms with van der Waals surface area (Å²) in [5, 5.41) is 11.2. The van der Waals surface area contributed by atoms with Crippen LogP contribution in [0.3, 0.4) is 0 Å². The molecule has 4 heteroatoms. The smallest absolute Gasteiger partial charge is 0.269 e. The molecule has 0 atom stereocenters. The average molecular weight is 258 g/mol. The summed E-state index contributed by atoms with van der Waals surface area (Å²) in [4.78, 5) is 13.2. The van der Waals surface area contributed by atoms with Gasteiger partial charge in [-0.2, -0.15) is 5.26 Å². The van der Waals surface area contributed by atoms with Gasteiger partial charge in [0.05, 0.1) is 0 Å². The lowest BCUT2D eigenvalue weighted by atomic mass is 10.0. The Morgan fingerprint density at radius 1 is 1.44 bits per heavy atom. The number of nitriles is 1. The van der Waals surface area contributed by atoms with Crippen molar-refractivity contribution in [1.29, 1.82) is 5.26 Å². The Morgan fingerprint density at radius 3 is 2.67 bits per heavy atom. The summed E-state index contributed by atoms with van der Waals surface area (Å²) in [5.74, 6) is 0. The first kappa shape index (κ1) is 12.6. The Bertz CT molecular complexity index is 660. The van der Waals surface area contributed by atoms with Crippen LogP contribution in [0.15, 0.2) is 28.5 Å². The van der Waals surface area contributed by atoms with Gasteiger partial charge in [0.25, 0.3) is 5.56 Å². The zero-order chi connectivity index (χ0) is 13.3. The number of hydrogen-bond acceptors (Lipinski definition) is 3. The van der Waals surface area contributed by atoms with Gasteiger partial charge in [0, 0.05) is 22.7 Å². The molecule has 2 heterocycles. The van der Waals surface area contributed by atoms with E-state index in [1.165, 1.54) is 0 Å². The minimum atomic E-state index is -0.207. The summed E-state index contributed by atoms with van der Waals surface area (Å²) in [6.45, 7) is 5.81. The Morgan fingerprint density at radius 2 is 2.17 bits per heavy atom. The zero-order valence-corrected chi connectivity index (χ0v) is 11.4. The van der Waals surface area contributed by atoms with Crippen molar-refractivity contribution in [1.82, 2.24) is 4.57 Å². The second kappa shape index (κ2) is 4.79. The van der Waals surface area contributed by atoms with Gasteiger partial charge in [-0.05, 0) is 37.8 Å². The normalized spacial score (nSPS) is 10.6. The van der Waals surface area contributed by atoms with Gasteiger partial charge in [0.15, 0.2) is 0 Å². The first-order valence-electron chi connectivity index (χ1n) is 5.76. The molecule has 0 aliphatic carbocycles. The van der Waals surface area contributed by atoms with Crippen molar-refractivity contribution >= 4 is 11.3 Å². The van der Waals surface area contributed by atoms with Crippen LogP contribution in [0.5, 0.6) is 0 Å². The van der Waals surface area contributed by atoms with E-state index in [1.54, 1.807) is 15.9 Å². The van der Waals surface area contributed by atoms with Gasteiger partial charge in [-0.25, -0.2) is 0 Å². The van der Waals surface area contributed by atoms with E-state index in [9.17, 15) is 10.1 Å². The predicted molar refractivity (Wildman–Crippen MR) is 73.9 cm³/mol. The molecule has 0 saturated carbocycles. The highest BCUT2D eigenvalue weighted by molar-refractivity contribution is 7.13. The number of thiophene rings is 1. The van der Waals surface area contributed by atoms with Crippen molar-refractivity contribution in [3.05, 3.63) is 45.2 Å². The van der Waals surface area contributed by atoms with Crippen LogP contribution in [-0.4, -0.2) is 4.57 Å². The summed E-state index contributed by atoms with van der Waals surface area (Å²) >= 11 is 1.54. The fourth-order valence-corrected chi connectivity index (χ4v) is 2.83. The lowest BCUT2D eigenvalue weighted by Crippen LogP contribution is -2.25. The standard InChI is InChI=1S/C14H14N2OS/c1-9(2)16-8-10(3)13(11(7-15)14(16)17)12-5-4-6-18-12/h4-6,8-9H,1-3H3. The van der Waals surface area contributed by atoms with Crippen LogP contribution in [0.2, 0.25) is 0 Å². The molecule has 0 aromatic carbocycles. The molecule has 0 unspecified atom stereocenters. The van der Waals surface area contributed by atoms with Gasteiger partial charge in [-0.1, -0.05) is 6.07 Å². The molecule has 18 heavy (non-hydrogen) atoms. The Labute approximate surface area is 110 Å². The lowest BCUT2D eigenvalue weighted by molar-refractivity contribution is 0.575. The van der Waals surface area contributed by atoms with Crippen LogP contribution in [-0.2, 0) is 0 Å². The van der Waals surface area contributed by atoms with Crippen molar-refractivity contribution in [2.75, 3.05) is 0 Å². The third kappa shape index (κ3) is 1.98. The van der Waals surface area contributed by atoms with E-state index in [4.69, 9.17) is 0 Å². The minimum Gasteiger partial charge on any atom is -0.312 e. The van der Waals surface area contributed by atoms with E-state index in [-0.39, 0.29) is 17.2 Å². The van der Waals surface area contributed by atoms with Crippen molar-refractivity contribution in [3.63, 3.8) is 0 Å². The Hall–Kier alpha value is -1.86. The lowest BCUT2D eigenvalue weighted by Gasteiger charge is -2.14. The first-order chi connectivity index (χ1) is 8.56. The molecule has 0 amide bonds. The predicted octanol–water partition coefficient (Wildman–Crippen LogP) is 3.34. The molecule has 2 aromatic heterocycles. The van der Waals surface area contributed by atoms with Gasteiger partial charge < -0.3 is 4.57 Å². The van der Waals surface area contributed by atoms with E-state index in [0.717, 1.165) is 16.0 Å². The molecule has 2 rings (SSSR count). The number of aromatic nitrogens is 1. The van der Waals surface area contributed by atoms with Crippen LogP contribution in [0.25, 0.3) is 10.4 Å².